The number of carbonyl (C=O) groups excluding carboxylic acids is 1. The van der Waals surface area contributed by atoms with Crippen molar-refractivity contribution in [3.05, 3.63) is 126 Å². The van der Waals surface area contributed by atoms with Gasteiger partial charge < -0.3 is 25.4 Å². The normalized spacial score (nSPS) is 20.4. The fourth-order valence-electron chi connectivity index (χ4n) is 5.23. The zero-order valence-corrected chi connectivity index (χ0v) is 32.3. The number of anilines is 1. The lowest BCUT2D eigenvalue weighted by Gasteiger charge is -2.27. The molecule has 1 aliphatic rings. The van der Waals surface area contributed by atoms with Crippen LogP contribution in [0.2, 0.25) is 0 Å². The summed E-state index contributed by atoms with van der Waals surface area (Å²) in [6.07, 6.45) is 24.8. The molecule has 1 fully saturated rings. The number of allylic oxidation sites excluding steroid dienone is 12. The van der Waals surface area contributed by atoms with Gasteiger partial charge in [0, 0.05) is 25.7 Å². The molecule has 2 unspecified atom stereocenters. The molecule has 1 amide bonds. The Bertz CT molecular complexity index is 1750. The lowest BCUT2D eigenvalue weighted by molar-refractivity contribution is -0.141. The van der Waals surface area contributed by atoms with E-state index < -0.39 is 43.9 Å². The molecule has 1 aromatic carbocycles. The average Bonchev–Trinajstić information content (AvgIpc) is 3.39. The van der Waals surface area contributed by atoms with Crippen LogP contribution in [0.15, 0.2) is 120 Å². The minimum Gasteiger partial charge on any atom is -0.413 e. The minimum absolute atomic E-state index is 0.0538. The van der Waals surface area contributed by atoms with Crippen molar-refractivity contribution in [2.75, 3.05) is 18.8 Å². The van der Waals surface area contributed by atoms with E-state index in [1.165, 1.54) is 19.1 Å². The molecule has 300 valence electrons. The van der Waals surface area contributed by atoms with Crippen LogP contribution in [0.5, 0.6) is 5.75 Å². The number of nitrogens with zero attached hydrogens (tertiary/aromatic N) is 2. The van der Waals surface area contributed by atoms with Gasteiger partial charge in [0.2, 0.25) is 12.1 Å². The van der Waals surface area contributed by atoms with Gasteiger partial charge >= 0.3 is 19.4 Å². The van der Waals surface area contributed by atoms with E-state index in [0.717, 1.165) is 50.8 Å². The second-order valence-electron chi connectivity index (χ2n) is 12.5. The highest BCUT2D eigenvalue weighted by Crippen LogP contribution is 2.49. The molecule has 2 aromatic rings. The van der Waals surface area contributed by atoms with Gasteiger partial charge in [-0.05, 0) is 70.1 Å². The number of hydrogen-bond acceptors (Lipinski definition) is 9. The number of halogens is 2. The number of para-hydroxylation sites is 1. The van der Waals surface area contributed by atoms with Crippen molar-refractivity contribution in [1.29, 1.82) is 0 Å². The van der Waals surface area contributed by atoms with Crippen LogP contribution < -0.4 is 26.4 Å². The fraction of sp³-hybridized carbons (Fsp3) is 0.425. The molecule has 0 aliphatic carbocycles. The Labute approximate surface area is 322 Å². The highest BCUT2D eigenvalue weighted by Gasteiger charge is 2.61. The first-order valence-electron chi connectivity index (χ1n) is 18.5. The summed E-state index contributed by atoms with van der Waals surface area (Å²) in [7, 11) is -4.31. The number of benzene rings is 1. The van der Waals surface area contributed by atoms with E-state index in [1.807, 2.05) is 12.2 Å². The first-order valence-corrected chi connectivity index (χ1v) is 20.0. The zero-order chi connectivity index (χ0) is 39.9. The van der Waals surface area contributed by atoms with Gasteiger partial charge in [0.15, 0.2) is 6.10 Å². The van der Waals surface area contributed by atoms with Gasteiger partial charge in [-0.3, -0.25) is 13.9 Å². The highest BCUT2D eigenvalue weighted by atomic mass is 31.2. The van der Waals surface area contributed by atoms with E-state index in [9.17, 15) is 19.3 Å². The second-order valence-corrected chi connectivity index (χ2v) is 14.2. The summed E-state index contributed by atoms with van der Waals surface area (Å²) >= 11 is 0. The van der Waals surface area contributed by atoms with Crippen LogP contribution in [0.3, 0.4) is 0 Å². The third-order valence-corrected chi connectivity index (χ3v) is 9.72. The molecule has 0 saturated carbocycles. The van der Waals surface area contributed by atoms with Gasteiger partial charge in [-0.2, -0.15) is 13.8 Å². The van der Waals surface area contributed by atoms with Crippen LogP contribution in [-0.2, 0) is 18.6 Å². The molecule has 1 aliphatic heterocycles. The summed E-state index contributed by atoms with van der Waals surface area (Å²) in [5, 5.41) is 15.9. The number of ether oxygens (including phenoxy) is 1. The number of aliphatic hydroxyl groups excluding tert-OH is 1. The molecular formula is C40H54F2N5O7P. The zero-order valence-electron chi connectivity index (χ0n) is 31.4. The smallest absolute Gasteiger partial charge is 0.413 e. The quantitative estimate of drug-likeness (QED) is 0.0476. The van der Waals surface area contributed by atoms with Gasteiger partial charge in [0.05, 0.1) is 6.10 Å². The second kappa shape index (κ2) is 24.1. The summed E-state index contributed by atoms with van der Waals surface area (Å²) in [6, 6.07) is 9.15. The molecule has 5 N–H and O–H groups in total. The Morgan fingerprint density at radius 1 is 0.964 bits per heavy atom. The Kier molecular flexibility index (Phi) is 19.7. The van der Waals surface area contributed by atoms with E-state index >= 15 is 8.78 Å². The molecule has 1 saturated heterocycles. The van der Waals surface area contributed by atoms with Crippen LogP contribution >= 0.6 is 7.75 Å². The van der Waals surface area contributed by atoms with Crippen molar-refractivity contribution in [2.24, 2.45) is 0 Å². The number of aliphatic hydroxyl groups is 1. The van der Waals surface area contributed by atoms with Crippen molar-refractivity contribution in [3.8, 4) is 5.75 Å². The molecule has 0 spiro atoms. The van der Waals surface area contributed by atoms with E-state index in [4.69, 9.17) is 19.5 Å². The van der Waals surface area contributed by atoms with Crippen molar-refractivity contribution < 1.29 is 37.0 Å². The summed E-state index contributed by atoms with van der Waals surface area (Å²) in [5.74, 6) is -4.20. The Morgan fingerprint density at radius 3 is 2.09 bits per heavy atom. The van der Waals surface area contributed by atoms with Crippen LogP contribution in [0.4, 0.5) is 14.6 Å². The lowest BCUT2D eigenvalue weighted by Crippen LogP contribution is -2.44. The largest absolute Gasteiger partial charge is 0.459 e. The maximum atomic E-state index is 15.2. The van der Waals surface area contributed by atoms with Gasteiger partial charge in [-0.1, -0.05) is 98.0 Å². The molecule has 3 rings (SSSR count). The number of nitrogen functional groups attached to an aromatic ring is 1. The van der Waals surface area contributed by atoms with Crippen LogP contribution in [-0.4, -0.2) is 57.9 Å². The number of nitrogens with one attached hydrogen (secondary N) is 2. The van der Waals surface area contributed by atoms with Crippen molar-refractivity contribution in [3.63, 3.8) is 0 Å². The van der Waals surface area contributed by atoms with Gasteiger partial charge in [0.25, 0.3) is 0 Å². The molecule has 5 atom stereocenters. The third kappa shape index (κ3) is 16.0. The summed E-state index contributed by atoms with van der Waals surface area (Å²) in [4.78, 5) is 28.1. The predicted molar refractivity (Wildman–Crippen MR) is 211 cm³/mol. The monoisotopic (exact) mass is 785 g/mol. The van der Waals surface area contributed by atoms with Gasteiger partial charge in [-0.25, -0.2) is 14.4 Å². The van der Waals surface area contributed by atoms with Crippen LogP contribution in [0, 0.1) is 0 Å². The van der Waals surface area contributed by atoms with E-state index in [1.54, 1.807) is 18.2 Å². The van der Waals surface area contributed by atoms with Gasteiger partial charge in [0.1, 0.15) is 17.7 Å². The molecule has 55 heavy (non-hydrogen) atoms. The Morgan fingerprint density at radius 2 is 1.53 bits per heavy atom. The lowest BCUT2D eigenvalue weighted by atomic mass is 10.1. The number of aromatic nitrogens is 2. The number of amides is 1. The molecule has 0 radical (unpaired) electrons. The predicted octanol–water partition coefficient (Wildman–Crippen LogP) is 7.50. The SMILES string of the molecule is CC/C=C\C/C=C\C/C=C\C/C=C\C/C=C\C/C=C\CCC(=O)NCCNP(=O)(Oc1ccccc1)OC(C)[C@H]1O[C@@H](n2ccc(N)nc2=O)C(F)(F)[C@@H]1O. The number of carbonyl (C=O) groups is 1. The topological polar surface area (TPSA) is 167 Å². The average molecular weight is 786 g/mol. The van der Waals surface area contributed by atoms with Crippen LogP contribution in [0.25, 0.3) is 0 Å². The first kappa shape index (κ1) is 44.9. The van der Waals surface area contributed by atoms with Crippen molar-refractivity contribution in [1.82, 2.24) is 20.0 Å². The van der Waals surface area contributed by atoms with Crippen LogP contribution in [0.1, 0.15) is 71.4 Å². The maximum absolute atomic E-state index is 15.2. The minimum atomic E-state index is -4.31. The van der Waals surface area contributed by atoms with E-state index in [0.29, 0.717) is 11.0 Å². The third-order valence-electron chi connectivity index (χ3n) is 8.05. The number of hydrogen-bond donors (Lipinski definition) is 4. The van der Waals surface area contributed by atoms with E-state index in [-0.39, 0.29) is 37.0 Å². The Balaban J connectivity index is 1.39. The molecular weight excluding hydrogens is 731 g/mol. The number of nitrogens with two attached hydrogens (primary N) is 1. The van der Waals surface area contributed by atoms with E-state index in [2.05, 4.69) is 83.1 Å². The maximum Gasteiger partial charge on any atom is 0.459 e. The summed E-state index contributed by atoms with van der Waals surface area (Å²) in [5.41, 5.74) is 4.36. The Hall–Kier alpha value is -4.46. The standard InChI is InChI=1S/C40H54F2N5O7P/c1-3-4-5-6-7-8-9-10-11-12-13-14-15-16-17-18-19-20-24-27-35(48)44-29-30-45-55(51,54-33-25-22-21-23-26-33)53-32(2)36-37(49)40(41,42)38(52-36)47-31-28-34(43)46-39(47)50/h4-5,7-8,10-11,13-14,16-17,19-23,25-26,28,31-32,36-38,49H,3,6,9,12,15,18,24,27,29-30H2,1-2H3,(H,44,48)(H,45,51)(H2,43,46,50)/b5-4-,8-7-,11-10-,14-13-,17-16-,20-19-/t32?,36-,37-,38-,55?/m1/s1. The van der Waals surface area contributed by atoms with Crippen molar-refractivity contribution >= 4 is 19.5 Å². The molecule has 0 bridgehead atoms. The molecule has 2 heterocycles. The molecule has 1 aromatic heterocycles. The van der Waals surface area contributed by atoms with Gasteiger partial charge in [-0.15, -0.1) is 0 Å². The number of rotatable bonds is 24. The van der Waals surface area contributed by atoms with Crippen molar-refractivity contribution in [2.45, 2.75) is 95.7 Å². The summed E-state index contributed by atoms with van der Waals surface area (Å²) in [6.45, 7) is 3.39. The summed E-state index contributed by atoms with van der Waals surface area (Å²) < 4.78 is 61.4. The first-order chi connectivity index (χ1) is 26.5. The fourth-order valence-corrected chi connectivity index (χ4v) is 6.75. The molecule has 12 nitrogen and oxygen atoms in total. The molecule has 15 heteroatoms. The number of alkyl halides is 2. The highest BCUT2D eigenvalue weighted by molar-refractivity contribution is 7.52.